The van der Waals surface area contributed by atoms with E-state index in [0.717, 1.165) is 25.0 Å². The molecule has 0 radical (unpaired) electrons. The Morgan fingerprint density at radius 1 is 1.14 bits per heavy atom. The number of alkyl halides is 3. The van der Waals surface area contributed by atoms with Crippen LogP contribution in [-0.2, 0) is 6.18 Å². The van der Waals surface area contributed by atoms with Crippen molar-refractivity contribution in [2.24, 2.45) is 0 Å². The van der Waals surface area contributed by atoms with Crippen molar-refractivity contribution >= 4 is 9.47 Å². The van der Waals surface area contributed by atoms with Gasteiger partial charge in [-0.05, 0) is 50.9 Å². The van der Waals surface area contributed by atoms with Crippen LogP contribution in [0.2, 0.25) is 0 Å². The minimum atomic E-state index is -4.39. The first-order valence-electron chi connectivity index (χ1n) is 7.35. The molecule has 0 spiro atoms. The van der Waals surface area contributed by atoms with Gasteiger partial charge in [-0.3, -0.25) is 0 Å². The van der Waals surface area contributed by atoms with Crippen molar-refractivity contribution in [2.45, 2.75) is 50.0 Å². The maximum absolute atomic E-state index is 12.7. The highest BCUT2D eigenvalue weighted by molar-refractivity contribution is 7.10. The molecule has 0 amide bonds. The number of fused-ring (bicyclic) bond motifs is 2. The molecule has 0 aromatic heterocycles. The van der Waals surface area contributed by atoms with E-state index < -0.39 is 11.7 Å². The van der Waals surface area contributed by atoms with E-state index in [0.29, 0.717) is 17.8 Å². The number of benzene rings is 1. The Labute approximate surface area is 130 Å². The molecule has 2 aliphatic rings. The summed E-state index contributed by atoms with van der Waals surface area (Å²) in [7, 11) is 4.12. The molecule has 7 heteroatoms. The quantitative estimate of drug-likeness (QED) is 0.784. The molecule has 0 saturated carbocycles. The van der Waals surface area contributed by atoms with Crippen molar-refractivity contribution < 1.29 is 22.4 Å². The van der Waals surface area contributed by atoms with Gasteiger partial charge < -0.3 is 14.2 Å². The lowest BCUT2D eigenvalue weighted by Gasteiger charge is -2.36. The van der Waals surface area contributed by atoms with Crippen molar-refractivity contribution in [3.8, 4) is 11.5 Å². The summed E-state index contributed by atoms with van der Waals surface area (Å²) < 4.78 is 49.2. The Hall–Kier alpha value is -1.00. The molecule has 2 saturated heterocycles. The summed E-state index contributed by atoms with van der Waals surface area (Å²) in [5.41, 5.74) is -0.735. The molecule has 1 unspecified atom stereocenters. The van der Waals surface area contributed by atoms with Gasteiger partial charge in [0.15, 0.2) is 11.5 Å². The maximum Gasteiger partial charge on any atom is 0.416 e. The zero-order valence-corrected chi connectivity index (χ0v) is 13.4. The molecule has 2 bridgehead atoms. The van der Waals surface area contributed by atoms with Crippen LogP contribution in [0.3, 0.4) is 0 Å². The zero-order chi connectivity index (χ0) is 15.9. The van der Waals surface area contributed by atoms with Gasteiger partial charge in [0.1, 0.15) is 6.10 Å². The highest BCUT2D eigenvalue weighted by atomic mass is 31.0. The van der Waals surface area contributed by atoms with Crippen LogP contribution in [-0.4, -0.2) is 30.1 Å². The zero-order valence-electron chi connectivity index (χ0n) is 12.3. The van der Waals surface area contributed by atoms with E-state index in [1.165, 1.54) is 18.9 Å². The first-order chi connectivity index (χ1) is 10.4. The van der Waals surface area contributed by atoms with Crippen LogP contribution >= 0.6 is 9.47 Å². The SMILES string of the molecule is CN1[C@@H]2CC[C@H]1C[C@@H](Oc1ccc(C(F)(F)F)cc1OP)C2. The van der Waals surface area contributed by atoms with Gasteiger partial charge in [-0.1, -0.05) is 0 Å². The molecular formula is C15H19F3NO2P. The number of hydrogen-bond donors (Lipinski definition) is 0. The molecule has 122 valence electrons. The number of nitrogens with zero attached hydrogens (tertiary/aromatic N) is 1. The Morgan fingerprint density at radius 2 is 1.77 bits per heavy atom. The highest BCUT2D eigenvalue weighted by Gasteiger charge is 2.39. The third kappa shape index (κ3) is 3.04. The van der Waals surface area contributed by atoms with Gasteiger partial charge in [-0.25, -0.2) is 0 Å². The first-order valence-corrected chi connectivity index (χ1v) is 7.82. The standard InChI is InChI=1S/C15H19F3NO2P/c1-19-10-3-4-11(19)8-12(7-10)20-13-5-2-9(15(16,17)18)6-14(13)21-22/h2,5-6,10-12H,3-4,7-8,22H2,1H3/t10-,11+,12+. The van der Waals surface area contributed by atoms with Crippen molar-refractivity contribution in [1.82, 2.24) is 4.90 Å². The second-order valence-corrected chi connectivity index (χ2v) is 6.27. The fourth-order valence-corrected chi connectivity index (χ4v) is 3.70. The molecule has 2 heterocycles. The Balaban J connectivity index is 1.75. The molecule has 3 rings (SSSR count). The van der Waals surface area contributed by atoms with Gasteiger partial charge >= 0.3 is 6.18 Å². The second-order valence-electron chi connectivity index (χ2n) is 6.04. The molecule has 0 aliphatic carbocycles. The van der Waals surface area contributed by atoms with E-state index in [2.05, 4.69) is 11.9 Å². The van der Waals surface area contributed by atoms with Crippen molar-refractivity contribution in [2.75, 3.05) is 7.05 Å². The van der Waals surface area contributed by atoms with Crippen molar-refractivity contribution in [1.29, 1.82) is 0 Å². The van der Waals surface area contributed by atoms with Crippen LogP contribution < -0.4 is 9.26 Å². The Kier molecular flexibility index (Phi) is 4.25. The number of piperidine rings is 1. The van der Waals surface area contributed by atoms with Crippen LogP contribution in [0.4, 0.5) is 13.2 Å². The lowest BCUT2D eigenvalue weighted by molar-refractivity contribution is -0.137. The predicted molar refractivity (Wildman–Crippen MR) is 80.0 cm³/mol. The smallest absolute Gasteiger partial charge is 0.416 e. The summed E-state index contributed by atoms with van der Waals surface area (Å²) in [5, 5.41) is 0. The van der Waals surface area contributed by atoms with E-state index in [4.69, 9.17) is 9.26 Å². The highest BCUT2D eigenvalue weighted by Crippen LogP contribution is 2.40. The van der Waals surface area contributed by atoms with Gasteiger partial charge in [-0.15, -0.1) is 0 Å². The number of halogens is 3. The molecule has 22 heavy (non-hydrogen) atoms. The average Bonchev–Trinajstić information content (AvgIpc) is 2.69. The molecule has 0 N–H and O–H groups in total. The summed E-state index contributed by atoms with van der Waals surface area (Å²) in [6.07, 6.45) is -0.204. The van der Waals surface area contributed by atoms with Crippen LogP contribution in [0.15, 0.2) is 18.2 Å². The average molecular weight is 333 g/mol. The third-order valence-corrected chi connectivity index (χ3v) is 5.00. The Bertz CT molecular complexity index is 538. The van der Waals surface area contributed by atoms with E-state index in [1.807, 2.05) is 9.47 Å². The normalized spacial score (nSPS) is 28.7. The lowest BCUT2D eigenvalue weighted by Crippen LogP contribution is -2.43. The summed E-state index contributed by atoms with van der Waals surface area (Å²) in [4.78, 5) is 2.39. The third-order valence-electron chi connectivity index (χ3n) is 4.75. The minimum absolute atomic E-state index is 0.0318. The second kappa shape index (κ2) is 5.89. The van der Waals surface area contributed by atoms with Crippen LogP contribution in [0.1, 0.15) is 31.2 Å². The van der Waals surface area contributed by atoms with Gasteiger partial charge in [0.05, 0.1) is 15.0 Å². The number of ether oxygens (including phenoxy) is 1. The molecular weight excluding hydrogens is 314 g/mol. The van der Waals surface area contributed by atoms with E-state index in [9.17, 15) is 13.2 Å². The first kappa shape index (κ1) is 15.9. The fourth-order valence-electron chi connectivity index (χ4n) is 3.51. The predicted octanol–water partition coefficient (Wildman–Crippen LogP) is 3.88. The van der Waals surface area contributed by atoms with Crippen LogP contribution in [0.5, 0.6) is 11.5 Å². The van der Waals surface area contributed by atoms with Crippen molar-refractivity contribution in [3.05, 3.63) is 23.8 Å². The van der Waals surface area contributed by atoms with Crippen LogP contribution in [0.25, 0.3) is 0 Å². The van der Waals surface area contributed by atoms with Gasteiger partial charge in [0.2, 0.25) is 0 Å². The molecule has 2 aliphatic heterocycles. The lowest BCUT2D eigenvalue weighted by atomic mass is 10.0. The monoisotopic (exact) mass is 333 g/mol. The molecule has 3 nitrogen and oxygen atoms in total. The molecule has 1 aromatic rings. The van der Waals surface area contributed by atoms with E-state index >= 15 is 0 Å². The summed E-state index contributed by atoms with van der Waals surface area (Å²) in [5.74, 6) is 0.475. The number of hydrogen-bond acceptors (Lipinski definition) is 3. The minimum Gasteiger partial charge on any atom is -0.486 e. The van der Waals surface area contributed by atoms with Gasteiger partial charge in [0, 0.05) is 12.1 Å². The summed E-state index contributed by atoms with van der Waals surface area (Å²) in [6.45, 7) is 0. The maximum atomic E-state index is 12.7. The van der Waals surface area contributed by atoms with E-state index in [-0.39, 0.29) is 11.9 Å². The summed E-state index contributed by atoms with van der Waals surface area (Å²) >= 11 is 0. The van der Waals surface area contributed by atoms with Crippen LogP contribution in [0, 0.1) is 0 Å². The van der Waals surface area contributed by atoms with Gasteiger partial charge in [0.25, 0.3) is 0 Å². The van der Waals surface area contributed by atoms with E-state index in [1.54, 1.807) is 0 Å². The molecule has 2 fully saturated rings. The fraction of sp³-hybridized carbons (Fsp3) is 0.600. The summed E-state index contributed by atoms with van der Waals surface area (Å²) in [6, 6.07) is 4.39. The Morgan fingerprint density at radius 3 is 2.32 bits per heavy atom. The van der Waals surface area contributed by atoms with Crippen molar-refractivity contribution in [3.63, 3.8) is 0 Å². The van der Waals surface area contributed by atoms with Gasteiger partial charge in [-0.2, -0.15) is 13.2 Å². The number of rotatable bonds is 3. The topological polar surface area (TPSA) is 21.7 Å². The molecule has 1 aromatic carbocycles. The molecule has 4 atom stereocenters. The largest absolute Gasteiger partial charge is 0.486 e.